The first kappa shape index (κ1) is 15.6. The van der Waals surface area contributed by atoms with E-state index in [1.165, 1.54) is 16.9 Å². The molecule has 22 heavy (non-hydrogen) atoms. The molecule has 0 aliphatic carbocycles. The normalized spacial score (nSPS) is 18.1. The molecule has 1 aromatic carbocycles. The summed E-state index contributed by atoms with van der Waals surface area (Å²) in [5.41, 5.74) is 1.23. The van der Waals surface area contributed by atoms with Crippen LogP contribution in [0.1, 0.15) is 29.7 Å². The summed E-state index contributed by atoms with van der Waals surface area (Å²) in [6.45, 7) is 0.921. The van der Waals surface area contributed by atoms with Gasteiger partial charge in [0.05, 0.1) is 6.04 Å². The van der Waals surface area contributed by atoms with Crippen molar-refractivity contribution in [1.82, 2.24) is 10.3 Å². The molecule has 6 heteroatoms. The van der Waals surface area contributed by atoms with Crippen LogP contribution in [0.15, 0.2) is 34.9 Å². The van der Waals surface area contributed by atoms with Crippen molar-refractivity contribution in [2.75, 3.05) is 11.9 Å². The van der Waals surface area contributed by atoms with E-state index in [0.717, 1.165) is 41.6 Å². The van der Waals surface area contributed by atoms with Crippen molar-refractivity contribution in [2.45, 2.75) is 31.7 Å². The Kier molecular flexibility index (Phi) is 5.23. The fourth-order valence-corrected chi connectivity index (χ4v) is 3.86. The first-order valence-electron chi connectivity index (χ1n) is 7.44. The van der Waals surface area contributed by atoms with Crippen LogP contribution in [-0.4, -0.2) is 23.5 Å². The van der Waals surface area contributed by atoms with Gasteiger partial charge in [0.2, 0.25) is 5.91 Å². The number of aromatic nitrogens is 1. The number of thiazole rings is 1. The van der Waals surface area contributed by atoms with Crippen molar-refractivity contribution in [3.8, 4) is 0 Å². The van der Waals surface area contributed by atoms with Crippen LogP contribution in [0, 0.1) is 0 Å². The summed E-state index contributed by atoms with van der Waals surface area (Å²) in [4.78, 5) is 17.6. The average Bonchev–Trinajstić information content (AvgIpc) is 2.95. The minimum absolute atomic E-state index is 0.0306. The van der Waals surface area contributed by atoms with Crippen LogP contribution in [0.4, 0.5) is 5.13 Å². The number of carbonyl (C=O) groups excluding carboxylic acids is 1. The molecule has 2 aromatic rings. The molecule has 1 atom stereocenters. The molecule has 0 radical (unpaired) electrons. The SMILES string of the molecule is O=C(Nc1ncc(Cc2cccc(Br)c2)s1)C1CCCCN1. The van der Waals surface area contributed by atoms with Gasteiger partial charge in [-0.05, 0) is 37.1 Å². The van der Waals surface area contributed by atoms with Gasteiger partial charge in [-0.25, -0.2) is 4.98 Å². The Morgan fingerprint density at radius 3 is 3.14 bits per heavy atom. The van der Waals surface area contributed by atoms with Crippen LogP contribution in [0.3, 0.4) is 0 Å². The lowest BCUT2D eigenvalue weighted by atomic mass is 10.0. The molecule has 2 N–H and O–H groups in total. The molecule has 2 heterocycles. The topological polar surface area (TPSA) is 54.0 Å². The van der Waals surface area contributed by atoms with Gasteiger partial charge >= 0.3 is 0 Å². The number of carbonyl (C=O) groups is 1. The predicted molar refractivity (Wildman–Crippen MR) is 93.3 cm³/mol. The minimum Gasteiger partial charge on any atom is -0.306 e. The Labute approximate surface area is 142 Å². The smallest absolute Gasteiger partial charge is 0.243 e. The van der Waals surface area contributed by atoms with Crippen LogP contribution in [0.25, 0.3) is 0 Å². The third kappa shape index (κ3) is 4.15. The maximum absolute atomic E-state index is 12.2. The lowest BCUT2D eigenvalue weighted by molar-refractivity contribution is -0.118. The molecular weight excluding hydrogens is 362 g/mol. The Morgan fingerprint density at radius 2 is 2.36 bits per heavy atom. The van der Waals surface area contributed by atoms with Crippen molar-refractivity contribution >= 4 is 38.3 Å². The Morgan fingerprint density at radius 1 is 1.45 bits per heavy atom. The number of nitrogens with one attached hydrogen (secondary N) is 2. The Bertz CT molecular complexity index is 652. The van der Waals surface area contributed by atoms with Crippen molar-refractivity contribution in [2.24, 2.45) is 0 Å². The third-order valence-electron chi connectivity index (χ3n) is 3.68. The second-order valence-electron chi connectivity index (χ2n) is 5.43. The standard InChI is InChI=1S/C16H18BrN3OS/c17-12-5-3-4-11(8-12)9-13-10-19-16(22-13)20-15(21)14-6-1-2-7-18-14/h3-5,8,10,14,18H,1-2,6-7,9H2,(H,19,20,21). The van der Waals surface area contributed by atoms with Gasteiger partial charge in [0.1, 0.15) is 0 Å². The highest BCUT2D eigenvalue weighted by molar-refractivity contribution is 9.10. The monoisotopic (exact) mass is 379 g/mol. The number of nitrogens with zero attached hydrogens (tertiary/aromatic N) is 1. The van der Waals surface area contributed by atoms with Gasteiger partial charge in [-0.1, -0.05) is 34.5 Å². The van der Waals surface area contributed by atoms with Gasteiger partial charge in [-0.2, -0.15) is 0 Å². The van der Waals surface area contributed by atoms with Crippen LogP contribution in [0.2, 0.25) is 0 Å². The average molecular weight is 380 g/mol. The molecular formula is C16H18BrN3OS. The molecule has 4 nitrogen and oxygen atoms in total. The van der Waals surface area contributed by atoms with E-state index in [1.54, 1.807) is 0 Å². The molecule has 0 spiro atoms. The number of benzene rings is 1. The van der Waals surface area contributed by atoms with Crippen molar-refractivity contribution in [3.63, 3.8) is 0 Å². The highest BCUT2D eigenvalue weighted by Gasteiger charge is 2.21. The van der Waals surface area contributed by atoms with E-state index in [4.69, 9.17) is 0 Å². The number of rotatable bonds is 4. The lowest BCUT2D eigenvalue weighted by Gasteiger charge is -2.21. The summed E-state index contributed by atoms with van der Waals surface area (Å²) in [6, 6.07) is 8.15. The first-order chi connectivity index (χ1) is 10.7. The fraction of sp³-hybridized carbons (Fsp3) is 0.375. The number of hydrogen-bond acceptors (Lipinski definition) is 4. The molecule has 1 amide bonds. The molecule has 1 aliphatic heterocycles. The quantitative estimate of drug-likeness (QED) is 0.853. The molecule has 1 saturated heterocycles. The van der Waals surface area contributed by atoms with Gasteiger partial charge < -0.3 is 10.6 Å². The summed E-state index contributed by atoms with van der Waals surface area (Å²) < 4.78 is 1.08. The summed E-state index contributed by atoms with van der Waals surface area (Å²) in [7, 11) is 0. The molecule has 0 saturated carbocycles. The lowest BCUT2D eigenvalue weighted by Crippen LogP contribution is -2.43. The highest BCUT2D eigenvalue weighted by atomic mass is 79.9. The van der Waals surface area contributed by atoms with E-state index in [1.807, 2.05) is 18.3 Å². The van der Waals surface area contributed by atoms with Gasteiger partial charge in [-0.15, -0.1) is 11.3 Å². The zero-order valence-electron chi connectivity index (χ0n) is 12.1. The second-order valence-corrected chi connectivity index (χ2v) is 7.46. The van der Waals surface area contributed by atoms with Crippen molar-refractivity contribution in [3.05, 3.63) is 45.4 Å². The maximum Gasteiger partial charge on any atom is 0.243 e. The summed E-state index contributed by atoms with van der Waals surface area (Å²) in [5.74, 6) is 0.0306. The van der Waals surface area contributed by atoms with E-state index in [0.29, 0.717) is 5.13 Å². The maximum atomic E-state index is 12.2. The molecule has 1 unspecified atom stereocenters. The van der Waals surface area contributed by atoms with Crippen LogP contribution in [0.5, 0.6) is 0 Å². The zero-order valence-corrected chi connectivity index (χ0v) is 14.5. The number of piperidine rings is 1. The van der Waals surface area contributed by atoms with Gasteiger partial charge in [0.15, 0.2) is 5.13 Å². The molecule has 3 rings (SSSR count). The molecule has 1 aromatic heterocycles. The molecule has 1 aliphatic rings. The molecule has 116 valence electrons. The zero-order chi connectivity index (χ0) is 15.4. The van der Waals surface area contributed by atoms with Gasteiger partial charge in [0.25, 0.3) is 0 Å². The molecule has 1 fully saturated rings. The van der Waals surface area contributed by atoms with Crippen LogP contribution >= 0.6 is 27.3 Å². The van der Waals surface area contributed by atoms with E-state index in [9.17, 15) is 4.79 Å². The van der Waals surface area contributed by atoms with Crippen LogP contribution < -0.4 is 10.6 Å². The largest absolute Gasteiger partial charge is 0.306 e. The van der Waals surface area contributed by atoms with E-state index in [2.05, 4.69) is 43.7 Å². The van der Waals surface area contributed by atoms with E-state index in [-0.39, 0.29) is 11.9 Å². The van der Waals surface area contributed by atoms with Crippen molar-refractivity contribution < 1.29 is 4.79 Å². The first-order valence-corrected chi connectivity index (χ1v) is 9.05. The summed E-state index contributed by atoms with van der Waals surface area (Å²) >= 11 is 5.02. The fourth-order valence-electron chi connectivity index (χ4n) is 2.56. The number of amides is 1. The molecule has 0 bridgehead atoms. The van der Waals surface area contributed by atoms with Crippen LogP contribution in [-0.2, 0) is 11.2 Å². The van der Waals surface area contributed by atoms with Crippen molar-refractivity contribution in [1.29, 1.82) is 0 Å². The minimum atomic E-state index is -0.0776. The van der Waals surface area contributed by atoms with Gasteiger partial charge in [0, 0.05) is 22.0 Å². The van der Waals surface area contributed by atoms with E-state index >= 15 is 0 Å². The summed E-state index contributed by atoms with van der Waals surface area (Å²) in [5, 5.41) is 6.86. The van der Waals surface area contributed by atoms with E-state index < -0.39 is 0 Å². The Balaban J connectivity index is 1.60. The summed E-state index contributed by atoms with van der Waals surface area (Å²) in [6.07, 6.45) is 5.83. The number of halogens is 1. The Hall–Kier alpha value is -1.24. The third-order valence-corrected chi connectivity index (χ3v) is 5.08. The highest BCUT2D eigenvalue weighted by Crippen LogP contribution is 2.23. The number of hydrogen-bond donors (Lipinski definition) is 2. The number of anilines is 1. The van der Waals surface area contributed by atoms with Gasteiger partial charge in [-0.3, -0.25) is 4.79 Å². The predicted octanol–water partition coefficient (Wildman–Crippen LogP) is 3.58. The second kappa shape index (κ2) is 7.35.